The minimum absolute atomic E-state index is 0.601. The first-order valence-electron chi connectivity index (χ1n) is 8.94. The SMILES string of the molecule is CCNC(=NCc1ccnc2ccccc12)NCc1c(C)nn(C)c1C. The second kappa shape index (κ2) is 7.99. The predicted octanol–water partition coefficient (Wildman–Crippen LogP) is 2.84. The van der Waals surface area contributed by atoms with Crippen molar-refractivity contribution in [3.05, 3.63) is 59.0 Å². The Morgan fingerprint density at radius 2 is 1.96 bits per heavy atom. The first-order valence-corrected chi connectivity index (χ1v) is 8.94. The number of aliphatic imine (C=N–C) groups is 1. The van der Waals surface area contributed by atoms with Crippen LogP contribution < -0.4 is 10.6 Å². The lowest BCUT2D eigenvalue weighted by molar-refractivity contribution is 0.728. The Labute approximate surface area is 154 Å². The first kappa shape index (κ1) is 17.9. The molecule has 3 rings (SSSR count). The van der Waals surface area contributed by atoms with Crippen LogP contribution in [0.15, 0.2) is 41.5 Å². The second-order valence-corrected chi connectivity index (χ2v) is 6.31. The van der Waals surface area contributed by atoms with Crippen molar-refractivity contribution in [3.8, 4) is 0 Å². The van der Waals surface area contributed by atoms with Crippen molar-refractivity contribution < 1.29 is 0 Å². The monoisotopic (exact) mass is 350 g/mol. The summed E-state index contributed by atoms with van der Waals surface area (Å²) in [6.07, 6.45) is 1.84. The molecular weight excluding hydrogens is 324 g/mol. The number of guanidine groups is 1. The molecule has 136 valence electrons. The van der Waals surface area contributed by atoms with E-state index >= 15 is 0 Å². The zero-order valence-electron chi connectivity index (χ0n) is 15.9. The number of hydrogen-bond acceptors (Lipinski definition) is 3. The fourth-order valence-corrected chi connectivity index (χ4v) is 3.04. The van der Waals surface area contributed by atoms with Gasteiger partial charge < -0.3 is 10.6 Å². The third-order valence-electron chi connectivity index (χ3n) is 4.58. The van der Waals surface area contributed by atoms with E-state index < -0.39 is 0 Å². The van der Waals surface area contributed by atoms with E-state index in [-0.39, 0.29) is 0 Å². The van der Waals surface area contributed by atoms with E-state index in [9.17, 15) is 0 Å². The van der Waals surface area contributed by atoms with Crippen molar-refractivity contribution in [1.82, 2.24) is 25.4 Å². The lowest BCUT2D eigenvalue weighted by Crippen LogP contribution is -2.37. The van der Waals surface area contributed by atoms with Crippen LogP contribution in [-0.4, -0.2) is 27.3 Å². The van der Waals surface area contributed by atoms with Crippen LogP contribution in [0.4, 0.5) is 0 Å². The Balaban J connectivity index is 1.76. The van der Waals surface area contributed by atoms with Crippen molar-refractivity contribution in [2.45, 2.75) is 33.9 Å². The Bertz CT molecular complexity index is 920. The van der Waals surface area contributed by atoms with E-state index in [1.807, 2.05) is 49.1 Å². The van der Waals surface area contributed by atoms with E-state index in [0.717, 1.165) is 29.1 Å². The van der Waals surface area contributed by atoms with Gasteiger partial charge in [-0.05, 0) is 38.5 Å². The average Bonchev–Trinajstić information content (AvgIpc) is 2.89. The maximum atomic E-state index is 4.75. The van der Waals surface area contributed by atoms with Gasteiger partial charge in [0.05, 0.1) is 17.8 Å². The molecule has 0 saturated heterocycles. The van der Waals surface area contributed by atoms with Crippen molar-refractivity contribution in [3.63, 3.8) is 0 Å². The highest BCUT2D eigenvalue weighted by Gasteiger charge is 2.10. The van der Waals surface area contributed by atoms with Gasteiger partial charge in [0.2, 0.25) is 0 Å². The number of hydrogen-bond donors (Lipinski definition) is 2. The summed E-state index contributed by atoms with van der Waals surface area (Å²) in [4.78, 5) is 9.17. The number of nitrogens with zero attached hydrogens (tertiary/aromatic N) is 4. The molecule has 3 aromatic rings. The minimum Gasteiger partial charge on any atom is -0.357 e. The fourth-order valence-electron chi connectivity index (χ4n) is 3.04. The van der Waals surface area contributed by atoms with Crippen molar-refractivity contribution >= 4 is 16.9 Å². The van der Waals surface area contributed by atoms with Gasteiger partial charge >= 0.3 is 0 Å². The maximum absolute atomic E-state index is 4.75. The van der Waals surface area contributed by atoms with Gasteiger partial charge in [-0.15, -0.1) is 0 Å². The van der Waals surface area contributed by atoms with Crippen LogP contribution in [0.25, 0.3) is 10.9 Å². The highest BCUT2D eigenvalue weighted by Crippen LogP contribution is 2.17. The lowest BCUT2D eigenvalue weighted by Gasteiger charge is -2.12. The summed E-state index contributed by atoms with van der Waals surface area (Å²) in [7, 11) is 1.97. The summed E-state index contributed by atoms with van der Waals surface area (Å²) in [5, 5.41) is 12.4. The summed E-state index contributed by atoms with van der Waals surface area (Å²) in [5.41, 5.74) is 5.60. The summed E-state index contributed by atoms with van der Waals surface area (Å²) >= 11 is 0. The predicted molar refractivity (Wildman–Crippen MR) is 106 cm³/mol. The molecule has 0 atom stereocenters. The van der Waals surface area contributed by atoms with Gasteiger partial charge in [0.15, 0.2) is 5.96 Å². The molecule has 2 N–H and O–H groups in total. The number of fused-ring (bicyclic) bond motifs is 1. The zero-order valence-corrected chi connectivity index (χ0v) is 15.9. The fraction of sp³-hybridized carbons (Fsp3) is 0.350. The molecule has 0 amide bonds. The third kappa shape index (κ3) is 3.85. The topological polar surface area (TPSA) is 67.1 Å². The molecule has 0 unspecified atom stereocenters. The number of aryl methyl sites for hydroxylation is 2. The molecule has 0 bridgehead atoms. The van der Waals surface area contributed by atoms with Gasteiger partial charge in [0, 0.05) is 43.0 Å². The van der Waals surface area contributed by atoms with Gasteiger partial charge in [-0.1, -0.05) is 18.2 Å². The van der Waals surface area contributed by atoms with Crippen molar-refractivity contribution in [1.29, 1.82) is 0 Å². The van der Waals surface area contributed by atoms with Crippen LogP contribution in [0.3, 0.4) is 0 Å². The Hall–Kier alpha value is -2.89. The van der Waals surface area contributed by atoms with E-state index in [1.165, 1.54) is 16.8 Å². The maximum Gasteiger partial charge on any atom is 0.191 e. The number of nitrogens with one attached hydrogen (secondary N) is 2. The standard InChI is InChI=1S/C20H26N6/c1-5-21-20(24-13-18-14(2)25-26(4)15(18)3)23-12-16-10-11-22-19-9-7-6-8-17(16)19/h6-11H,5,12-13H2,1-4H3,(H2,21,23,24). The average molecular weight is 350 g/mol. The van der Waals surface area contributed by atoms with Gasteiger partial charge in [0.1, 0.15) is 0 Å². The highest BCUT2D eigenvalue weighted by atomic mass is 15.3. The summed E-state index contributed by atoms with van der Waals surface area (Å²) in [6.45, 7) is 8.31. The van der Waals surface area contributed by atoms with E-state index in [2.05, 4.69) is 40.6 Å². The van der Waals surface area contributed by atoms with Crippen molar-refractivity contribution in [2.75, 3.05) is 6.54 Å². The summed E-state index contributed by atoms with van der Waals surface area (Å²) < 4.78 is 1.92. The van der Waals surface area contributed by atoms with Crippen LogP contribution in [0, 0.1) is 13.8 Å². The van der Waals surface area contributed by atoms with Gasteiger partial charge in [-0.2, -0.15) is 5.10 Å². The van der Waals surface area contributed by atoms with Crippen molar-refractivity contribution in [2.24, 2.45) is 12.0 Å². The number of pyridine rings is 1. The summed E-state index contributed by atoms with van der Waals surface area (Å²) in [6, 6.07) is 10.2. The van der Waals surface area contributed by atoms with Gasteiger partial charge in [0.25, 0.3) is 0 Å². The number of para-hydroxylation sites is 1. The van der Waals surface area contributed by atoms with Gasteiger partial charge in [-0.25, -0.2) is 4.99 Å². The second-order valence-electron chi connectivity index (χ2n) is 6.31. The molecule has 0 aliphatic heterocycles. The number of benzene rings is 1. The van der Waals surface area contributed by atoms with Crippen LogP contribution in [-0.2, 0) is 20.1 Å². The summed E-state index contributed by atoms with van der Waals surface area (Å²) in [5.74, 6) is 0.802. The normalized spacial score (nSPS) is 11.8. The molecular formula is C20H26N6. The molecule has 0 aliphatic rings. The van der Waals surface area contributed by atoms with Crippen LogP contribution in [0.1, 0.15) is 29.4 Å². The lowest BCUT2D eigenvalue weighted by atomic mass is 10.1. The smallest absolute Gasteiger partial charge is 0.191 e. The quantitative estimate of drug-likeness (QED) is 0.548. The highest BCUT2D eigenvalue weighted by molar-refractivity contribution is 5.83. The molecule has 0 radical (unpaired) electrons. The molecule has 6 nitrogen and oxygen atoms in total. The number of aromatic nitrogens is 3. The van der Waals surface area contributed by atoms with Crippen LogP contribution in [0.2, 0.25) is 0 Å². The van der Waals surface area contributed by atoms with Gasteiger partial charge in [-0.3, -0.25) is 9.67 Å². The Kier molecular flexibility index (Phi) is 5.51. The van der Waals surface area contributed by atoms with E-state index in [1.54, 1.807) is 0 Å². The molecule has 1 aromatic carbocycles. The molecule has 0 spiro atoms. The molecule has 0 fully saturated rings. The molecule has 2 heterocycles. The van der Waals surface area contributed by atoms with Crippen LogP contribution in [0.5, 0.6) is 0 Å². The first-order chi connectivity index (χ1) is 12.6. The van der Waals surface area contributed by atoms with E-state index in [0.29, 0.717) is 13.1 Å². The molecule has 26 heavy (non-hydrogen) atoms. The zero-order chi connectivity index (χ0) is 18.5. The van der Waals surface area contributed by atoms with E-state index in [4.69, 9.17) is 4.99 Å². The molecule has 0 saturated carbocycles. The minimum atomic E-state index is 0.601. The van der Waals surface area contributed by atoms with Crippen LogP contribution >= 0.6 is 0 Å². The number of rotatable bonds is 5. The Morgan fingerprint density at radius 3 is 2.69 bits per heavy atom. The Morgan fingerprint density at radius 1 is 1.15 bits per heavy atom. The molecule has 0 aliphatic carbocycles. The molecule has 2 aromatic heterocycles. The largest absolute Gasteiger partial charge is 0.357 e. The third-order valence-corrected chi connectivity index (χ3v) is 4.58. The molecule has 6 heteroatoms.